The van der Waals surface area contributed by atoms with Crippen molar-refractivity contribution in [3.8, 4) is 11.8 Å². The van der Waals surface area contributed by atoms with E-state index in [1.54, 1.807) is 18.3 Å². The van der Waals surface area contributed by atoms with Gasteiger partial charge in [-0.05, 0) is 30.3 Å². The molecule has 142 valence electrons. The molecular weight excluding hydrogens is 420 g/mol. The molecule has 7 heteroatoms. The van der Waals surface area contributed by atoms with E-state index in [1.807, 2.05) is 57.2 Å². The maximum Gasteiger partial charge on any atom is 0.282 e. The molecule has 0 saturated heterocycles. The summed E-state index contributed by atoms with van der Waals surface area (Å²) in [6.07, 6.45) is 1.55. The second-order valence-electron chi connectivity index (χ2n) is 7.19. The lowest BCUT2D eigenvalue weighted by Gasteiger charge is -2.21. The molecule has 0 bridgehead atoms. The molecule has 0 amide bonds. The van der Waals surface area contributed by atoms with Crippen LogP contribution in [0.1, 0.15) is 32.2 Å². The number of benzene rings is 2. The molecule has 3 aromatic rings. The van der Waals surface area contributed by atoms with Crippen molar-refractivity contribution in [2.75, 3.05) is 6.61 Å². The van der Waals surface area contributed by atoms with Gasteiger partial charge in [0.25, 0.3) is 5.56 Å². The highest BCUT2D eigenvalue weighted by Crippen LogP contribution is 2.23. The number of para-hydroxylation sites is 1. The van der Waals surface area contributed by atoms with Gasteiger partial charge in [0, 0.05) is 15.5 Å². The third kappa shape index (κ3) is 4.12. The Hall–Kier alpha value is -2.98. The van der Waals surface area contributed by atoms with Gasteiger partial charge >= 0.3 is 0 Å². The van der Waals surface area contributed by atoms with E-state index in [0.717, 1.165) is 4.47 Å². The van der Waals surface area contributed by atoms with Crippen LogP contribution in [0.3, 0.4) is 0 Å². The van der Waals surface area contributed by atoms with Crippen LogP contribution in [0.25, 0.3) is 10.9 Å². The zero-order chi connectivity index (χ0) is 20.3. The summed E-state index contributed by atoms with van der Waals surface area (Å²) < 4.78 is 7.56. The molecule has 0 fully saturated rings. The van der Waals surface area contributed by atoms with Crippen LogP contribution < -0.4 is 10.3 Å². The Morgan fingerprint density at radius 2 is 2.04 bits per heavy atom. The normalized spacial score (nSPS) is 11.7. The molecule has 0 N–H and O–H groups in total. The van der Waals surface area contributed by atoms with Gasteiger partial charge in [-0.1, -0.05) is 48.8 Å². The summed E-state index contributed by atoms with van der Waals surface area (Å²) in [6.45, 7) is 5.88. The van der Waals surface area contributed by atoms with Gasteiger partial charge in [0.1, 0.15) is 17.6 Å². The van der Waals surface area contributed by atoms with Crippen molar-refractivity contribution < 1.29 is 4.74 Å². The van der Waals surface area contributed by atoms with Gasteiger partial charge in [0.05, 0.1) is 17.1 Å². The highest BCUT2D eigenvalue weighted by Gasteiger charge is 2.23. The summed E-state index contributed by atoms with van der Waals surface area (Å²) in [5, 5.41) is 13.7. The smallest absolute Gasteiger partial charge is 0.282 e. The van der Waals surface area contributed by atoms with Gasteiger partial charge in [-0.15, -0.1) is 0 Å². The van der Waals surface area contributed by atoms with E-state index in [2.05, 4.69) is 26.0 Å². The molecule has 0 atom stereocenters. The van der Waals surface area contributed by atoms with Crippen LogP contribution in [0.4, 0.5) is 0 Å². The molecule has 6 nitrogen and oxygen atoms in total. The molecule has 1 heterocycles. The number of hydrogen-bond donors (Lipinski definition) is 0. The minimum Gasteiger partial charge on any atom is -0.478 e. The zero-order valence-electron chi connectivity index (χ0n) is 15.8. The van der Waals surface area contributed by atoms with E-state index in [9.17, 15) is 4.79 Å². The summed E-state index contributed by atoms with van der Waals surface area (Å²) in [4.78, 5) is 17.8. The molecular formula is C21H19BrN4O2. The van der Waals surface area contributed by atoms with Crippen molar-refractivity contribution in [2.24, 2.45) is 5.10 Å². The zero-order valence-corrected chi connectivity index (χ0v) is 17.4. The Morgan fingerprint density at radius 1 is 1.29 bits per heavy atom. The Morgan fingerprint density at radius 3 is 2.75 bits per heavy atom. The number of halogens is 1. The highest BCUT2D eigenvalue weighted by atomic mass is 79.9. The fourth-order valence-corrected chi connectivity index (χ4v) is 3.05. The standard InChI is InChI=1S/C21H19BrN4O2/c1-21(2,3)20-25-17-9-8-15(22)12-16(17)19(27)26(20)24-13-14-6-4-5-7-18(14)28-11-10-23/h4-9,12-13H,11H2,1-3H3. The molecule has 0 aliphatic rings. The second kappa shape index (κ2) is 7.95. The number of aromatic nitrogens is 2. The van der Waals surface area contributed by atoms with Crippen LogP contribution in [-0.4, -0.2) is 22.5 Å². The number of hydrogen-bond acceptors (Lipinski definition) is 5. The fraction of sp³-hybridized carbons (Fsp3) is 0.238. The summed E-state index contributed by atoms with van der Waals surface area (Å²) in [7, 11) is 0. The molecule has 0 aliphatic heterocycles. The molecule has 1 aromatic heterocycles. The predicted molar refractivity (Wildman–Crippen MR) is 113 cm³/mol. The third-order valence-electron chi connectivity index (χ3n) is 4.00. The van der Waals surface area contributed by atoms with Crippen LogP contribution in [0.2, 0.25) is 0 Å². The minimum absolute atomic E-state index is 0.0659. The number of fused-ring (bicyclic) bond motifs is 1. The van der Waals surface area contributed by atoms with E-state index in [1.165, 1.54) is 4.68 Å². The Labute approximate surface area is 171 Å². The quantitative estimate of drug-likeness (QED) is 0.570. The predicted octanol–water partition coefficient (Wildman–Crippen LogP) is 4.24. The van der Waals surface area contributed by atoms with Crippen molar-refractivity contribution in [1.82, 2.24) is 9.66 Å². The fourth-order valence-electron chi connectivity index (χ4n) is 2.69. The first-order chi connectivity index (χ1) is 13.3. The van der Waals surface area contributed by atoms with Gasteiger partial charge in [-0.25, -0.2) is 4.98 Å². The lowest BCUT2D eigenvalue weighted by Crippen LogP contribution is -2.29. The third-order valence-corrected chi connectivity index (χ3v) is 4.50. The molecule has 28 heavy (non-hydrogen) atoms. The van der Waals surface area contributed by atoms with Crippen molar-refractivity contribution in [1.29, 1.82) is 5.26 Å². The first kappa shape index (κ1) is 19.8. The molecule has 3 rings (SSSR count). The van der Waals surface area contributed by atoms with Gasteiger partial charge in [-0.2, -0.15) is 15.0 Å². The van der Waals surface area contributed by atoms with Crippen molar-refractivity contribution >= 4 is 33.0 Å². The van der Waals surface area contributed by atoms with Crippen LogP contribution in [0.15, 0.2) is 56.8 Å². The van der Waals surface area contributed by atoms with Gasteiger partial charge in [0.15, 0.2) is 6.61 Å². The summed E-state index contributed by atoms with van der Waals surface area (Å²) >= 11 is 3.40. The van der Waals surface area contributed by atoms with E-state index in [-0.39, 0.29) is 12.2 Å². The monoisotopic (exact) mass is 438 g/mol. The largest absolute Gasteiger partial charge is 0.478 e. The van der Waals surface area contributed by atoms with Crippen LogP contribution in [-0.2, 0) is 5.41 Å². The summed E-state index contributed by atoms with van der Waals surface area (Å²) in [5.74, 6) is 1.08. The maximum atomic E-state index is 13.1. The van der Waals surface area contributed by atoms with Crippen molar-refractivity contribution in [3.63, 3.8) is 0 Å². The Balaban J connectivity index is 2.18. The molecule has 0 saturated carbocycles. The number of nitriles is 1. The number of nitrogens with zero attached hydrogens (tertiary/aromatic N) is 4. The minimum atomic E-state index is -0.394. The lowest BCUT2D eigenvalue weighted by atomic mass is 9.95. The van der Waals surface area contributed by atoms with E-state index < -0.39 is 5.41 Å². The Kier molecular flexibility index (Phi) is 5.61. The SMILES string of the molecule is CC(C)(C)c1nc2ccc(Br)cc2c(=O)n1N=Cc1ccccc1OCC#N. The molecule has 0 unspecified atom stereocenters. The summed E-state index contributed by atoms with van der Waals surface area (Å²) in [6, 6.07) is 14.6. The first-order valence-electron chi connectivity index (χ1n) is 8.67. The van der Waals surface area contributed by atoms with Crippen molar-refractivity contribution in [3.05, 3.63) is 68.7 Å². The van der Waals surface area contributed by atoms with E-state index in [4.69, 9.17) is 10.00 Å². The van der Waals surface area contributed by atoms with Crippen LogP contribution in [0.5, 0.6) is 5.75 Å². The number of ether oxygens (including phenoxy) is 1. The van der Waals surface area contributed by atoms with Crippen molar-refractivity contribution in [2.45, 2.75) is 26.2 Å². The van der Waals surface area contributed by atoms with Crippen LogP contribution >= 0.6 is 15.9 Å². The van der Waals surface area contributed by atoms with E-state index >= 15 is 0 Å². The van der Waals surface area contributed by atoms with Gasteiger partial charge < -0.3 is 4.74 Å². The molecule has 0 aliphatic carbocycles. The summed E-state index contributed by atoms with van der Waals surface area (Å²) in [5.41, 5.74) is 0.651. The molecule has 0 spiro atoms. The highest BCUT2D eigenvalue weighted by molar-refractivity contribution is 9.10. The first-order valence-corrected chi connectivity index (χ1v) is 9.46. The van der Waals surface area contributed by atoms with E-state index in [0.29, 0.717) is 28.0 Å². The van der Waals surface area contributed by atoms with Gasteiger partial charge in [0.2, 0.25) is 0 Å². The topological polar surface area (TPSA) is 80.3 Å². The second-order valence-corrected chi connectivity index (χ2v) is 8.11. The molecule has 2 aromatic carbocycles. The average Bonchev–Trinajstić information content (AvgIpc) is 2.65. The van der Waals surface area contributed by atoms with Crippen LogP contribution in [0, 0.1) is 11.3 Å². The Bertz CT molecular complexity index is 1150. The molecule has 0 radical (unpaired) electrons. The average molecular weight is 439 g/mol. The van der Waals surface area contributed by atoms with Gasteiger partial charge in [-0.3, -0.25) is 4.79 Å². The lowest BCUT2D eigenvalue weighted by molar-refractivity contribution is 0.367. The number of rotatable bonds is 4. The maximum absolute atomic E-state index is 13.1.